The van der Waals surface area contributed by atoms with Gasteiger partial charge in [0.1, 0.15) is 0 Å². The molecule has 1 N–H and O–H groups in total. The molecular weight excluding hydrogens is 184 g/mol. The minimum Gasteiger partial charge on any atom is -0.392 e. The second-order valence-electron chi connectivity index (χ2n) is 4.15. The van der Waals surface area contributed by atoms with Crippen LogP contribution in [0.5, 0.6) is 0 Å². The number of rotatable bonds is 5. The third-order valence-corrected chi connectivity index (χ3v) is 2.58. The number of hydrogen-bond acceptors (Lipinski definition) is 1. The van der Waals surface area contributed by atoms with Crippen molar-refractivity contribution in [3.63, 3.8) is 0 Å². The van der Waals surface area contributed by atoms with Crippen LogP contribution in [0.2, 0.25) is 0 Å². The summed E-state index contributed by atoms with van der Waals surface area (Å²) in [6.07, 6.45) is 2.09. The highest BCUT2D eigenvalue weighted by atomic mass is 16.3. The van der Waals surface area contributed by atoms with Gasteiger partial charge >= 0.3 is 0 Å². The first kappa shape index (κ1) is 12.0. The second kappa shape index (κ2) is 5.72. The molecule has 0 bridgehead atoms. The van der Waals surface area contributed by atoms with Crippen molar-refractivity contribution in [1.29, 1.82) is 0 Å². The molecule has 82 valence electrons. The Morgan fingerprint density at radius 1 is 1.47 bits per heavy atom. The fourth-order valence-electron chi connectivity index (χ4n) is 1.66. The van der Waals surface area contributed by atoms with Crippen molar-refractivity contribution < 1.29 is 5.11 Å². The molecule has 0 aliphatic rings. The molecule has 0 saturated carbocycles. The van der Waals surface area contributed by atoms with Crippen molar-refractivity contribution in [1.82, 2.24) is 0 Å². The van der Waals surface area contributed by atoms with Gasteiger partial charge in [0.15, 0.2) is 0 Å². The van der Waals surface area contributed by atoms with Gasteiger partial charge in [-0.15, -0.1) is 0 Å². The summed E-state index contributed by atoms with van der Waals surface area (Å²) in [6.45, 7) is 8.05. The molecule has 1 unspecified atom stereocenters. The molecule has 15 heavy (non-hydrogen) atoms. The molecule has 0 aliphatic carbocycles. The number of aliphatic hydroxyl groups is 1. The van der Waals surface area contributed by atoms with E-state index in [2.05, 4.69) is 38.6 Å². The summed E-state index contributed by atoms with van der Waals surface area (Å²) in [5.41, 5.74) is 3.57. The Balaban J connectivity index is 2.51. The highest BCUT2D eigenvalue weighted by Crippen LogP contribution is 2.13. The van der Waals surface area contributed by atoms with Crippen LogP contribution >= 0.6 is 0 Å². The van der Waals surface area contributed by atoms with Crippen LogP contribution in [-0.4, -0.2) is 11.2 Å². The van der Waals surface area contributed by atoms with Gasteiger partial charge in [-0.05, 0) is 31.7 Å². The second-order valence-corrected chi connectivity index (χ2v) is 4.15. The summed E-state index contributed by atoms with van der Waals surface area (Å²) < 4.78 is 0. The lowest BCUT2D eigenvalue weighted by Gasteiger charge is -2.11. The third-order valence-electron chi connectivity index (χ3n) is 2.58. The zero-order valence-electron chi connectivity index (χ0n) is 9.66. The maximum Gasteiger partial charge on any atom is 0.0617 e. The van der Waals surface area contributed by atoms with E-state index < -0.39 is 0 Å². The van der Waals surface area contributed by atoms with Gasteiger partial charge in [0.05, 0.1) is 6.10 Å². The van der Waals surface area contributed by atoms with E-state index in [9.17, 15) is 5.11 Å². The van der Waals surface area contributed by atoms with E-state index in [-0.39, 0.29) is 6.10 Å². The van der Waals surface area contributed by atoms with E-state index in [0.717, 1.165) is 18.4 Å². The van der Waals surface area contributed by atoms with Crippen LogP contribution in [0.1, 0.15) is 30.9 Å². The molecule has 0 aliphatic heterocycles. The molecule has 0 aromatic heterocycles. The Kier molecular flexibility index (Phi) is 4.57. The number of aryl methyl sites for hydroxylation is 1. The Labute approximate surface area is 92.5 Å². The molecule has 0 amide bonds. The molecule has 1 heteroatoms. The molecule has 0 fully saturated rings. The van der Waals surface area contributed by atoms with E-state index in [1.807, 2.05) is 6.07 Å². The highest BCUT2D eigenvalue weighted by Gasteiger charge is 2.06. The molecule has 1 nitrogen and oxygen atoms in total. The van der Waals surface area contributed by atoms with Gasteiger partial charge in [0.2, 0.25) is 0 Å². The number of aliphatic hydroxyl groups excluding tert-OH is 1. The molecule has 1 rings (SSSR count). The smallest absolute Gasteiger partial charge is 0.0617 e. The van der Waals surface area contributed by atoms with Crippen LogP contribution in [0, 0.1) is 6.92 Å². The fourth-order valence-corrected chi connectivity index (χ4v) is 1.66. The zero-order chi connectivity index (χ0) is 11.3. The molecule has 0 heterocycles. The summed E-state index contributed by atoms with van der Waals surface area (Å²) in [5, 5.41) is 9.83. The normalized spacial score (nSPS) is 12.5. The van der Waals surface area contributed by atoms with Gasteiger partial charge < -0.3 is 5.11 Å². The quantitative estimate of drug-likeness (QED) is 0.730. The lowest BCUT2D eigenvalue weighted by molar-refractivity contribution is 0.174. The first-order valence-corrected chi connectivity index (χ1v) is 5.52. The van der Waals surface area contributed by atoms with Gasteiger partial charge in [0, 0.05) is 0 Å². The first-order valence-electron chi connectivity index (χ1n) is 5.52. The van der Waals surface area contributed by atoms with Crippen molar-refractivity contribution in [2.24, 2.45) is 0 Å². The average molecular weight is 204 g/mol. The molecule has 0 radical (unpaired) electrons. The van der Waals surface area contributed by atoms with Crippen LogP contribution in [0.4, 0.5) is 0 Å². The molecule has 0 saturated heterocycles. The Bertz CT molecular complexity index is 328. The van der Waals surface area contributed by atoms with E-state index in [4.69, 9.17) is 0 Å². The fraction of sp³-hybridized carbons (Fsp3) is 0.429. The standard InChI is InChI=1S/C14H20O/c1-4-11(2)9-14(15)10-13-7-5-6-12(3)8-13/h5-8,14-15H,2,4,9-10H2,1,3H3. The monoisotopic (exact) mass is 204 g/mol. The van der Waals surface area contributed by atoms with Crippen molar-refractivity contribution >= 4 is 0 Å². The molecule has 0 spiro atoms. The average Bonchev–Trinajstić information content (AvgIpc) is 2.17. The van der Waals surface area contributed by atoms with Crippen molar-refractivity contribution in [2.75, 3.05) is 0 Å². The van der Waals surface area contributed by atoms with Gasteiger partial charge in [-0.25, -0.2) is 0 Å². The van der Waals surface area contributed by atoms with Crippen LogP contribution in [0.15, 0.2) is 36.4 Å². The van der Waals surface area contributed by atoms with Crippen LogP contribution in [-0.2, 0) is 6.42 Å². The summed E-state index contributed by atoms with van der Waals surface area (Å²) in [5.74, 6) is 0. The minimum absolute atomic E-state index is 0.292. The van der Waals surface area contributed by atoms with Crippen LogP contribution < -0.4 is 0 Å². The molecule has 1 atom stereocenters. The summed E-state index contributed by atoms with van der Waals surface area (Å²) in [6, 6.07) is 8.29. The van der Waals surface area contributed by atoms with Gasteiger partial charge in [-0.1, -0.05) is 48.9 Å². The Morgan fingerprint density at radius 3 is 2.80 bits per heavy atom. The number of hydrogen-bond donors (Lipinski definition) is 1. The molecule has 1 aromatic carbocycles. The lowest BCUT2D eigenvalue weighted by atomic mass is 10.00. The summed E-state index contributed by atoms with van der Waals surface area (Å²) in [7, 11) is 0. The van der Waals surface area contributed by atoms with Crippen LogP contribution in [0.25, 0.3) is 0 Å². The van der Waals surface area contributed by atoms with Crippen LogP contribution in [0.3, 0.4) is 0 Å². The van der Waals surface area contributed by atoms with Gasteiger partial charge in [0.25, 0.3) is 0 Å². The largest absolute Gasteiger partial charge is 0.392 e. The van der Waals surface area contributed by atoms with E-state index >= 15 is 0 Å². The lowest BCUT2D eigenvalue weighted by Crippen LogP contribution is -2.11. The van der Waals surface area contributed by atoms with Gasteiger partial charge in [-0.2, -0.15) is 0 Å². The molecular formula is C14H20O. The van der Waals surface area contributed by atoms with E-state index in [0.29, 0.717) is 6.42 Å². The number of benzene rings is 1. The maximum absolute atomic E-state index is 9.83. The SMILES string of the molecule is C=C(CC)CC(O)Cc1cccc(C)c1. The third kappa shape index (κ3) is 4.30. The van der Waals surface area contributed by atoms with Crippen molar-refractivity contribution in [3.8, 4) is 0 Å². The Morgan fingerprint density at radius 2 is 2.20 bits per heavy atom. The van der Waals surface area contributed by atoms with Crippen molar-refractivity contribution in [3.05, 3.63) is 47.5 Å². The zero-order valence-corrected chi connectivity index (χ0v) is 9.66. The summed E-state index contributed by atoms with van der Waals surface area (Å²) >= 11 is 0. The van der Waals surface area contributed by atoms with Gasteiger partial charge in [-0.3, -0.25) is 0 Å². The summed E-state index contributed by atoms with van der Waals surface area (Å²) in [4.78, 5) is 0. The topological polar surface area (TPSA) is 20.2 Å². The van der Waals surface area contributed by atoms with E-state index in [1.165, 1.54) is 11.1 Å². The van der Waals surface area contributed by atoms with Crippen molar-refractivity contribution in [2.45, 2.75) is 39.2 Å². The minimum atomic E-state index is -0.292. The Hall–Kier alpha value is -1.08. The van der Waals surface area contributed by atoms with E-state index in [1.54, 1.807) is 0 Å². The predicted molar refractivity (Wildman–Crippen MR) is 64.9 cm³/mol. The highest BCUT2D eigenvalue weighted by molar-refractivity contribution is 5.22. The maximum atomic E-state index is 9.83. The first-order chi connectivity index (χ1) is 7.11. The molecule has 1 aromatic rings. The predicted octanol–water partition coefficient (Wildman–Crippen LogP) is 3.25.